The van der Waals surface area contributed by atoms with Crippen LogP contribution in [-0.4, -0.2) is 27.7 Å². The fourth-order valence-electron chi connectivity index (χ4n) is 2.74. The Bertz CT molecular complexity index is 975. The minimum Gasteiger partial charge on any atom is -0.351 e. The maximum Gasteiger partial charge on any atom is 0.292 e. The lowest BCUT2D eigenvalue weighted by atomic mass is 10.1. The number of hydrogen-bond donors (Lipinski definition) is 2. The summed E-state index contributed by atoms with van der Waals surface area (Å²) in [6.45, 7) is 6.45. The molecule has 3 aromatic rings. The van der Waals surface area contributed by atoms with Gasteiger partial charge in [0.25, 0.3) is 11.8 Å². The van der Waals surface area contributed by atoms with Crippen molar-refractivity contribution in [2.24, 2.45) is 0 Å². The summed E-state index contributed by atoms with van der Waals surface area (Å²) in [7, 11) is 0. The van der Waals surface area contributed by atoms with Crippen molar-refractivity contribution in [3.8, 4) is 0 Å². The van der Waals surface area contributed by atoms with Crippen LogP contribution < -0.4 is 10.6 Å². The lowest BCUT2D eigenvalue weighted by molar-refractivity contribution is 0.0951. The summed E-state index contributed by atoms with van der Waals surface area (Å²) in [5.41, 5.74) is 3.61. The number of amides is 2. The van der Waals surface area contributed by atoms with Crippen LogP contribution in [0.1, 0.15) is 45.6 Å². The van der Waals surface area contributed by atoms with Gasteiger partial charge in [0.2, 0.25) is 5.82 Å². The van der Waals surface area contributed by atoms with Crippen molar-refractivity contribution in [1.29, 1.82) is 0 Å². The zero-order chi connectivity index (χ0) is 18.7. The van der Waals surface area contributed by atoms with E-state index in [0.717, 1.165) is 23.2 Å². The number of benzene rings is 1. The standard InChI is InChI=1S/C20H22N4O2/c1-4-10-21-19(25)17-16-7-5-6-11-24(16)18(23-17)20(26)22-15-12-13(2)8-9-14(15)3/h5-9,11-12H,4,10H2,1-3H3,(H,21,25)(H,22,26). The summed E-state index contributed by atoms with van der Waals surface area (Å²) in [4.78, 5) is 29.5. The molecule has 6 heteroatoms. The molecule has 0 bridgehead atoms. The molecule has 0 aliphatic heterocycles. The first-order valence-electron chi connectivity index (χ1n) is 8.65. The largest absolute Gasteiger partial charge is 0.351 e. The summed E-state index contributed by atoms with van der Waals surface area (Å²) in [6, 6.07) is 11.3. The van der Waals surface area contributed by atoms with Crippen molar-refractivity contribution in [1.82, 2.24) is 14.7 Å². The molecule has 0 aliphatic carbocycles. The number of rotatable bonds is 5. The Morgan fingerprint density at radius 3 is 2.69 bits per heavy atom. The van der Waals surface area contributed by atoms with Crippen LogP contribution in [0.5, 0.6) is 0 Å². The second kappa shape index (κ2) is 7.39. The second-order valence-electron chi connectivity index (χ2n) is 6.27. The highest BCUT2D eigenvalue weighted by Gasteiger charge is 2.21. The van der Waals surface area contributed by atoms with E-state index < -0.39 is 0 Å². The smallest absolute Gasteiger partial charge is 0.292 e. The molecule has 0 spiro atoms. The second-order valence-corrected chi connectivity index (χ2v) is 6.27. The molecule has 0 unspecified atom stereocenters. The number of nitrogens with one attached hydrogen (secondary N) is 2. The molecule has 6 nitrogen and oxygen atoms in total. The molecule has 134 valence electrons. The Hall–Kier alpha value is -3.15. The van der Waals surface area contributed by atoms with Gasteiger partial charge in [-0.05, 0) is 49.6 Å². The number of hydrogen-bond acceptors (Lipinski definition) is 3. The van der Waals surface area contributed by atoms with Crippen molar-refractivity contribution < 1.29 is 9.59 Å². The summed E-state index contributed by atoms with van der Waals surface area (Å²) in [6.07, 6.45) is 2.56. The third-order valence-electron chi connectivity index (χ3n) is 4.14. The lowest BCUT2D eigenvalue weighted by Gasteiger charge is -2.08. The Kier molecular flexibility index (Phi) is 5.02. The predicted molar refractivity (Wildman–Crippen MR) is 102 cm³/mol. The molecule has 2 aromatic heterocycles. The fourth-order valence-corrected chi connectivity index (χ4v) is 2.74. The first-order chi connectivity index (χ1) is 12.5. The van der Waals surface area contributed by atoms with Gasteiger partial charge in [-0.15, -0.1) is 0 Å². The van der Waals surface area contributed by atoms with Gasteiger partial charge >= 0.3 is 0 Å². The highest BCUT2D eigenvalue weighted by molar-refractivity contribution is 6.06. The SMILES string of the molecule is CCCNC(=O)c1nc(C(=O)Nc2cc(C)ccc2C)n2ccccc12. The monoisotopic (exact) mass is 350 g/mol. The van der Waals surface area contributed by atoms with Crippen LogP contribution in [0.4, 0.5) is 5.69 Å². The van der Waals surface area contributed by atoms with Crippen LogP contribution in [0, 0.1) is 13.8 Å². The Labute approximate surface area is 152 Å². The minimum absolute atomic E-state index is 0.183. The van der Waals surface area contributed by atoms with E-state index in [4.69, 9.17) is 0 Å². The van der Waals surface area contributed by atoms with E-state index in [9.17, 15) is 9.59 Å². The summed E-state index contributed by atoms with van der Waals surface area (Å²) in [5.74, 6) is -0.445. The van der Waals surface area contributed by atoms with E-state index in [1.165, 1.54) is 0 Å². The minimum atomic E-state index is -0.352. The van der Waals surface area contributed by atoms with Gasteiger partial charge in [0, 0.05) is 18.4 Å². The summed E-state index contributed by atoms with van der Waals surface area (Å²) in [5, 5.41) is 5.71. The van der Waals surface area contributed by atoms with E-state index in [1.54, 1.807) is 22.7 Å². The van der Waals surface area contributed by atoms with E-state index in [2.05, 4.69) is 15.6 Å². The molecule has 26 heavy (non-hydrogen) atoms. The maximum atomic E-state index is 12.8. The van der Waals surface area contributed by atoms with Crippen molar-refractivity contribution in [3.63, 3.8) is 0 Å². The van der Waals surface area contributed by atoms with Gasteiger partial charge in [0.1, 0.15) is 0 Å². The van der Waals surface area contributed by atoms with Gasteiger partial charge in [0.15, 0.2) is 5.69 Å². The molecule has 2 amide bonds. The van der Waals surface area contributed by atoms with Crippen molar-refractivity contribution in [3.05, 3.63) is 65.2 Å². The third-order valence-corrected chi connectivity index (χ3v) is 4.14. The van der Waals surface area contributed by atoms with Crippen molar-refractivity contribution in [2.45, 2.75) is 27.2 Å². The molecule has 0 fully saturated rings. The topological polar surface area (TPSA) is 75.5 Å². The van der Waals surface area contributed by atoms with Gasteiger partial charge in [0.05, 0.1) is 5.52 Å². The highest BCUT2D eigenvalue weighted by Crippen LogP contribution is 2.19. The molecular weight excluding hydrogens is 328 g/mol. The molecule has 3 rings (SSSR count). The number of anilines is 1. The molecule has 1 aromatic carbocycles. The van der Waals surface area contributed by atoms with Gasteiger partial charge in [-0.1, -0.05) is 25.1 Å². The van der Waals surface area contributed by atoms with Crippen molar-refractivity contribution >= 4 is 23.0 Å². The van der Waals surface area contributed by atoms with Crippen LogP contribution in [0.25, 0.3) is 5.52 Å². The molecule has 0 atom stereocenters. The van der Waals surface area contributed by atoms with E-state index in [-0.39, 0.29) is 23.3 Å². The number of pyridine rings is 1. The Morgan fingerprint density at radius 2 is 1.92 bits per heavy atom. The number of imidazole rings is 1. The van der Waals surface area contributed by atoms with Gasteiger partial charge in [-0.3, -0.25) is 14.0 Å². The van der Waals surface area contributed by atoms with Gasteiger partial charge < -0.3 is 10.6 Å². The number of aryl methyl sites for hydroxylation is 2. The normalized spacial score (nSPS) is 10.7. The van der Waals surface area contributed by atoms with E-state index in [0.29, 0.717) is 12.1 Å². The molecule has 2 heterocycles. The first-order valence-corrected chi connectivity index (χ1v) is 8.65. The number of aromatic nitrogens is 2. The van der Waals surface area contributed by atoms with Gasteiger partial charge in [-0.2, -0.15) is 0 Å². The highest BCUT2D eigenvalue weighted by atomic mass is 16.2. The Balaban J connectivity index is 1.98. The van der Waals surface area contributed by atoms with Gasteiger partial charge in [-0.25, -0.2) is 4.98 Å². The van der Waals surface area contributed by atoms with Crippen molar-refractivity contribution in [2.75, 3.05) is 11.9 Å². The lowest BCUT2D eigenvalue weighted by Crippen LogP contribution is -2.24. The molecular formula is C20H22N4O2. The van der Waals surface area contributed by atoms with Crippen LogP contribution in [0.15, 0.2) is 42.6 Å². The van der Waals surface area contributed by atoms with Crippen LogP contribution in [0.3, 0.4) is 0 Å². The fraction of sp³-hybridized carbons (Fsp3) is 0.250. The maximum absolute atomic E-state index is 12.8. The molecule has 0 radical (unpaired) electrons. The number of carbonyl (C=O) groups is 2. The zero-order valence-electron chi connectivity index (χ0n) is 15.2. The molecule has 0 aliphatic rings. The molecule has 2 N–H and O–H groups in total. The van der Waals surface area contributed by atoms with Crippen LogP contribution in [0.2, 0.25) is 0 Å². The van der Waals surface area contributed by atoms with Crippen LogP contribution >= 0.6 is 0 Å². The summed E-state index contributed by atoms with van der Waals surface area (Å²) >= 11 is 0. The third kappa shape index (κ3) is 3.44. The molecule has 0 saturated heterocycles. The zero-order valence-corrected chi connectivity index (χ0v) is 15.2. The molecule has 0 saturated carbocycles. The summed E-state index contributed by atoms with van der Waals surface area (Å²) < 4.78 is 1.64. The quantitative estimate of drug-likeness (QED) is 0.741. The predicted octanol–water partition coefficient (Wildman–Crippen LogP) is 3.34. The van der Waals surface area contributed by atoms with Crippen LogP contribution in [-0.2, 0) is 0 Å². The van der Waals surface area contributed by atoms with E-state index >= 15 is 0 Å². The Morgan fingerprint density at radius 1 is 1.12 bits per heavy atom. The number of carbonyl (C=O) groups excluding carboxylic acids is 2. The number of fused-ring (bicyclic) bond motifs is 1. The number of nitrogens with zero attached hydrogens (tertiary/aromatic N) is 2. The average Bonchev–Trinajstić information content (AvgIpc) is 3.02. The first kappa shape index (κ1) is 17.7. The average molecular weight is 350 g/mol. The van der Waals surface area contributed by atoms with E-state index in [1.807, 2.05) is 45.0 Å².